The predicted molar refractivity (Wildman–Crippen MR) is 95.0 cm³/mol. The largest absolute Gasteiger partial charge is 0.496 e. The summed E-state index contributed by atoms with van der Waals surface area (Å²) in [6.45, 7) is 0.967. The minimum absolute atomic E-state index is 0.0732. The van der Waals surface area contributed by atoms with Gasteiger partial charge in [0.05, 0.1) is 18.1 Å². The van der Waals surface area contributed by atoms with Gasteiger partial charge in [-0.05, 0) is 30.2 Å². The maximum atomic E-state index is 13.0. The molecule has 0 aliphatic carbocycles. The minimum atomic E-state index is -0.622. The summed E-state index contributed by atoms with van der Waals surface area (Å²) in [4.78, 5) is 29.4. The van der Waals surface area contributed by atoms with Crippen molar-refractivity contribution in [2.24, 2.45) is 0 Å². The maximum absolute atomic E-state index is 13.0. The monoisotopic (exact) mass is 336 g/mol. The first-order valence-corrected chi connectivity index (χ1v) is 8.38. The van der Waals surface area contributed by atoms with E-state index >= 15 is 0 Å². The molecule has 2 aliphatic rings. The number of ether oxygens (including phenoxy) is 1. The molecule has 0 unspecified atom stereocenters. The van der Waals surface area contributed by atoms with Crippen LogP contribution < -0.4 is 9.64 Å². The first-order chi connectivity index (χ1) is 12.1. The highest BCUT2D eigenvalue weighted by atomic mass is 16.5. The fraction of sp³-hybridized carbons (Fsp3) is 0.300. The van der Waals surface area contributed by atoms with Crippen LogP contribution in [0.4, 0.5) is 5.69 Å². The van der Waals surface area contributed by atoms with Crippen LogP contribution in [0.15, 0.2) is 48.5 Å². The van der Waals surface area contributed by atoms with Crippen molar-refractivity contribution in [3.63, 3.8) is 0 Å². The Labute approximate surface area is 146 Å². The van der Waals surface area contributed by atoms with Crippen LogP contribution in [0.1, 0.15) is 22.3 Å². The van der Waals surface area contributed by atoms with Crippen LogP contribution in [-0.4, -0.2) is 44.0 Å². The van der Waals surface area contributed by atoms with Crippen molar-refractivity contribution in [1.82, 2.24) is 4.90 Å². The molecule has 25 heavy (non-hydrogen) atoms. The summed E-state index contributed by atoms with van der Waals surface area (Å²) in [7, 11) is 3.36. The molecule has 1 atom stereocenters. The van der Waals surface area contributed by atoms with Gasteiger partial charge in [0.2, 0.25) is 5.91 Å². The summed E-state index contributed by atoms with van der Waals surface area (Å²) in [5.74, 6) is 0.543. The summed E-state index contributed by atoms with van der Waals surface area (Å²) in [6, 6.07) is 15.1. The van der Waals surface area contributed by atoms with Crippen LogP contribution in [-0.2, 0) is 10.2 Å². The lowest BCUT2D eigenvalue weighted by Gasteiger charge is -2.24. The Kier molecular flexibility index (Phi) is 3.53. The number of likely N-dealkylation sites (tertiary alicyclic amines) is 1. The van der Waals surface area contributed by atoms with Crippen LogP contribution in [0.25, 0.3) is 0 Å². The fourth-order valence-corrected chi connectivity index (χ4v) is 4.09. The number of carbonyl (C=O) groups is 2. The number of benzene rings is 2. The molecule has 0 saturated carbocycles. The lowest BCUT2D eigenvalue weighted by atomic mass is 9.81. The molecule has 1 fully saturated rings. The normalized spacial score (nSPS) is 21.8. The van der Waals surface area contributed by atoms with E-state index in [1.807, 2.05) is 36.4 Å². The van der Waals surface area contributed by atoms with Crippen LogP contribution in [0, 0.1) is 0 Å². The van der Waals surface area contributed by atoms with E-state index in [0.29, 0.717) is 30.8 Å². The second kappa shape index (κ2) is 5.62. The molecule has 0 aromatic heterocycles. The molecular formula is C20H20N2O3. The summed E-state index contributed by atoms with van der Waals surface area (Å²) >= 11 is 0. The predicted octanol–water partition coefficient (Wildman–Crippen LogP) is 2.46. The third-order valence-corrected chi connectivity index (χ3v) is 5.39. The molecule has 5 heteroatoms. The average molecular weight is 336 g/mol. The van der Waals surface area contributed by atoms with Gasteiger partial charge in [0.1, 0.15) is 5.75 Å². The highest BCUT2D eigenvalue weighted by Gasteiger charge is 2.54. The number of anilines is 1. The van der Waals surface area contributed by atoms with E-state index in [0.717, 1.165) is 11.3 Å². The Morgan fingerprint density at radius 1 is 1.12 bits per heavy atom. The summed E-state index contributed by atoms with van der Waals surface area (Å²) in [5.41, 5.74) is 1.88. The number of amides is 2. The molecule has 0 bridgehead atoms. The molecule has 0 N–H and O–H groups in total. The number of rotatable bonds is 2. The number of nitrogens with zero attached hydrogens (tertiary/aromatic N) is 2. The third kappa shape index (κ3) is 2.15. The smallest absolute Gasteiger partial charge is 0.257 e. The van der Waals surface area contributed by atoms with Gasteiger partial charge in [-0.2, -0.15) is 0 Å². The van der Waals surface area contributed by atoms with Crippen LogP contribution in [0.2, 0.25) is 0 Å². The number of hydrogen-bond donors (Lipinski definition) is 0. The van der Waals surface area contributed by atoms with Crippen LogP contribution >= 0.6 is 0 Å². The maximum Gasteiger partial charge on any atom is 0.257 e. The van der Waals surface area contributed by atoms with Gasteiger partial charge in [0.15, 0.2) is 0 Å². The van der Waals surface area contributed by atoms with Crippen molar-refractivity contribution >= 4 is 17.5 Å². The Balaban J connectivity index is 1.68. The zero-order chi connectivity index (χ0) is 17.6. The summed E-state index contributed by atoms with van der Waals surface area (Å²) in [6.07, 6.45) is 0.647. The van der Waals surface area contributed by atoms with E-state index < -0.39 is 5.41 Å². The van der Waals surface area contributed by atoms with Crippen molar-refractivity contribution in [1.29, 1.82) is 0 Å². The first-order valence-electron chi connectivity index (χ1n) is 8.38. The molecule has 2 amide bonds. The lowest BCUT2D eigenvalue weighted by Crippen LogP contribution is -2.42. The highest BCUT2D eigenvalue weighted by molar-refractivity contribution is 6.09. The first kappa shape index (κ1) is 15.7. The number of carbonyl (C=O) groups excluding carboxylic acids is 2. The van der Waals surface area contributed by atoms with Gasteiger partial charge in [-0.1, -0.05) is 30.3 Å². The Morgan fingerprint density at radius 3 is 2.64 bits per heavy atom. The van der Waals surface area contributed by atoms with Crippen molar-refractivity contribution in [3.05, 3.63) is 59.7 Å². The third-order valence-electron chi connectivity index (χ3n) is 5.39. The number of methoxy groups -OCH3 is 1. The second-order valence-electron chi connectivity index (χ2n) is 6.64. The average Bonchev–Trinajstić information content (AvgIpc) is 3.19. The Hall–Kier alpha value is -2.82. The Bertz CT molecular complexity index is 864. The number of likely N-dealkylation sites (N-methyl/N-ethyl adjacent to an activating group) is 1. The van der Waals surface area contributed by atoms with E-state index in [1.165, 1.54) is 0 Å². The van der Waals surface area contributed by atoms with Crippen LogP contribution in [0.3, 0.4) is 0 Å². The SMILES string of the molecule is COc1ccccc1C(=O)N1CC[C@@]2(C1)C(=O)N(C)c1ccccc12. The molecule has 0 radical (unpaired) electrons. The van der Waals surface area contributed by atoms with Crippen molar-refractivity contribution in [2.45, 2.75) is 11.8 Å². The molecule has 2 heterocycles. The zero-order valence-electron chi connectivity index (χ0n) is 14.4. The fourth-order valence-electron chi connectivity index (χ4n) is 4.09. The lowest BCUT2D eigenvalue weighted by molar-refractivity contribution is -0.122. The minimum Gasteiger partial charge on any atom is -0.496 e. The van der Waals surface area contributed by atoms with Crippen molar-refractivity contribution < 1.29 is 14.3 Å². The Morgan fingerprint density at radius 2 is 1.84 bits per heavy atom. The van der Waals surface area contributed by atoms with E-state index in [4.69, 9.17) is 4.74 Å². The molecule has 1 spiro atoms. The van der Waals surface area contributed by atoms with Gasteiger partial charge >= 0.3 is 0 Å². The standard InChI is InChI=1S/C20H20N2O3/c1-21-16-9-5-4-8-15(16)20(19(21)24)11-12-22(13-20)18(23)14-7-3-6-10-17(14)25-2/h3-10H,11-13H2,1-2H3/t20-/m0/s1. The molecule has 2 aromatic rings. The van der Waals surface area contributed by atoms with Gasteiger partial charge in [0, 0.05) is 25.8 Å². The molecule has 128 valence electrons. The molecule has 1 saturated heterocycles. The van der Waals surface area contributed by atoms with E-state index in [-0.39, 0.29) is 11.8 Å². The molecule has 2 aliphatic heterocycles. The number of para-hydroxylation sites is 2. The van der Waals surface area contributed by atoms with E-state index in [9.17, 15) is 9.59 Å². The quantitative estimate of drug-likeness (QED) is 0.846. The van der Waals surface area contributed by atoms with Gasteiger partial charge in [0.25, 0.3) is 5.91 Å². The van der Waals surface area contributed by atoms with Crippen molar-refractivity contribution in [2.75, 3.05) is 32.1 Å². The summed E-state index contributed by atoms with van der Waals surface area (Å²) < 4.78 is 5.31. The van der Waals surface area contributed by atoms with E-state index in [1.54, 1.807) is 36.1 Å². The van der Waals surface area contributed by atoms with E-state index in [2.05, 4.69) is 0 Å². The molecular weight excluding hydrogens is 316 g/mol. The molecule has 4 rings (SSSR count). The molecule has 5 nitrogen and oxygen atoms in total. The highest BCUT2D eigenvalue weighted by Crippen LogP contribution is 2.46. The molecule has 2 aromatic carbocycles. The zero-order valence-corrected chi connectivity index (χ0v) is 14.4. The van der Waals surface area contributed by atoms with Gasteiger partial charge < -0.3 is 14.5 Å². The summed E-state index contributed by atoms with van der Waals surface area (Å²) in [5, 5.41) is 0. The number of hydrogen-bond acceptors (Lipinski definition) is 3. The topological polar surface area (TPSA) is 49.9 Å². The van der Waals surface area contributed by atoms with Gasteiger partial charge in [-0.25, -0.2) is 0 Å². The van der Waals surface area contributed by atoms with Crippen molar-refractivity contribution in [3.8, 4) is 5.75 Å². The van der Waals surface area contributed by atoms with Gasteiger partial charge in [-0.3, -0.25) is 9.59 Å². The van der Waals surface area contributed by atoms with Crippen LogP contribution in [0.5, 0.6) is 5.75 Å². The van der Waals surface area contributed by atoms with Gasteiger partial charge in [-0.15, -0.1) is 0 Å². The number of fused-ring (bicyclic) bond motifs is 2. The second-order valence-corrected chi connectivity index (χ2v) is 6.64.